The van der Waals surface area contributed by atoms with Crippen molar-refractivity contribution < 1.29 is 9.47 Å². The second kappa shape index (κ2) is 15.8. The van der Waals surface area contributed by atoms with E-state index in [0.29, 0.717) is 13.2 Å². The molecule has 0 spiro atoms. The lowest BCUT2D eigenvalue weighted by molar-refractivity contribution is 0.00401. The first kappa shape index (κ1) is 33.0. The summed E-state index contributed by atoms with van der Waals surface area (Å²) in [6, 6.07) is 34.0. The van der Waals surface area contributed by atoms with Gasteiger partial charge in [-0.1, -0.05) is 92.4 Å². The van der Waals surface area contributed by atoms with Gasteiger partial charge in [0.05, 0.1) is 45.9 Å². The summed E-state index contributed by atoms with van der Waals surface area (Å²) in [5.41, 5.74) is 19.1. The van der Waals surface area contributed by atoms with E-state index in [1.165, 1.54) is 46.2 Å². The zero-order valence-corrected chi connectivity index (χ0v) is 28.9. The number of aromatic nitrogens is 2. The first-order valence-electron chi connectivity index (χ1n) is 17.2. The van der Waals surface area contributed by atoms with E-state index in [0.717, 1.165) is 57.9 Å². The van der Waals surface area contributed by atoms with Crippen LogP contribution in [0.1, 0.15) is 62.5 Å². The maximum absolute atomic E-state index is 6.17. The predicted molar refractivity (Wildman–Crippen MR) is 200 cm³/mol. The molecule has 0 bridgehead atoms. The molecule has 4 aromatic carbocycles. The Morgan fingerprint density at radius 3 is 1.62 bits per heavy atom. The molecule has 2 aliphatic carbocycles. The zero-order chi connectivity index (χ0) is 32.7. The molecule has 0 radical (unpaired) electrons. The van der Waals surface area contributed by atoms with E-state index in [4.69, 9.17) is 30.9 Å². The van der Waals surface area contributed by atoms with Crippen LogP contribution >= 0.6 is 22.7 Å². The lowest BCUT2D eigenvalue weighted by Crippen LogP contribution is -2.39. The van der Waals surface area contributed by atoms with Gasteiger partial charge in [-0.05, 0) is 67.1 Å². The van der Waals surface area contributed by atoms with Crippen molar-refractivity contribution in [1.29, 1.82) is 0 Å². The molecular weight excluding hydrogens is 633 g/mol. The molecule has 2 fully saturated rings. The molecule has 2 saturated carbocycles. The summed E-state index contributed by atoms with van der Waals surface area (Å²) < 4.78 is 14.6. The Morgan fingerprint density at radius 2 is 1.06 bits per heavy atom. The molecule has 4 atom stereocenters. The fourth-order valence-electron chi connectivity index (χ4n) is 6.60. The van der Waals surface area contributed by atoms with Crippen molar-refractivity contribution in [2.75, 3.05) is 0 Å². The van der Waals surface area contributed by atoms with Gasteiger partial charge in [0.25, 0.3) is 0 Å². The molecule has 0 amide bonds. The number of para-hydroxylation sites is 2. The number of rotatable bonds is 8. The van der Waals surface area contributed by atoms with Crippen LogP contribution in [-0.2, 0) is 22.7 Å². The molecule has 248 valence electrons. The molecule has 8 heteroatoms. The van der Waals surface area contributed by atoms with E-state index in [2.05, 4.69) is 84.9 Å². The van der Waals surface area contributed by atoms with Crippen LogP contribution in [0.15, 0.2) is 97.1 Å². The number of nitrogens with zero attached hydrogens (tertiary/aromatic N) is 2. The summed E-state index contributed by atoms with van der Waals surface area (Å²) in [5.74, 6) is 0. The largest absolute Gasteiger partial charge is 0.372 e. The molecule has 6 aromatic rings. The third-order valence-corrected chi connectivity index (χ3v) is 11.6. The van der Waals surface area contributed by atoms with Crippen LogP contribution in [0.2, 0.25) is 0 Å². The lowest BCUT2D eigenvalue weighted by Gasteiger charge is -2.28. The van der Waals surface area contributed by atoms with Crippen LogP contribution in [-0.4, -0.2) is 34.3 Å². The maximum atomic E-state index is 6.17. The van der Waals surface area contributed by atoms with Crippen LogP contribution in [0.25, 0.3) is 41.6 Å². The summed E-state index contributed by atoms with van der Waals surface area (Å²) in [7, 11) is 0. The van der Waals surface area contributed by atoms with Gasteiger partial charge in [0.1, 0.15) is 10.0 Å². The van der Waals surface area contributed by atoms with E-state index >= 15 is 0 Å². The highest BCUT2D eigenvalue weighted by atomic mass is 32.1. The second-order valence-corrected chi connectivity index (χ2v) is 15.0. The monoisotopic (exact) mass is 676 g/mol. The van der Waals surface area contributed by atoms with Crippen molar-refractivity contribution in [3.8, 4) is 21.1 Å². The molecule has 2 heterocycles. The minimum absolute atomic E-state index is 0.186. The van der Waals surface area contributed by atoms with Crippen molar-refractivity contribution in [1.82, 2.24) is 9.97 Å². The molecule has 2 aliphatic rings. The van der Waals surface area contributed by atoms with Crippen LogP contribution in [0, 0.1) is 0 Å². The van der Waals surface area contributed by atoms with Gasteiger partial charge in [-0.3, -0.25) is 0 Å². The molecule has 4 N–H and O–H groups in total. The van der Waals surface area contributed by atoms with Crippen molar-refractivity contribution in [3.63, 3.8) is 0 Å². The van der Waals surface area contributed by atoms with Gasteiger partial charge in [-0.15, -0.1) is 22.7 Å². The number of hydrogen-bond acceptors (Lipinski definition) is 8. The summed E-state index contributed by atoms with van der Waals surface area (Å²) in [4.78, 5) is 9.46. The normalized spacial score (nSPS) is 21.2. The van der Waals surface area contributed by atoms with Crippen molar-refractivity contribution in [2.24, 2.45) is 11.5 Å². The SMILES string of the molecule is NC1CCCCC1OCc1ccc(-c2nc3ccccc3s2)cc1.NC1CCCCC1OCc1cccc(-c2nc3ccccc3s2)c1. The van der Waals surface area contributed by atoms with E-state index in [1.807, 2.05) is 12.1 Å². The second-order valence-electron chi connectivity index (χ2n) is 13.0. The number of ether oxygens (including phenoxy) is 2. The average molecular weight is 677 g/mol. The Morgan fingerprint density at radius 1 is 0.542 bits per heavy atom. The highest BCUT2D eigenvalue weighted by molar-refractivity contribution is 7.22. The smallest absolute Gasteiger partial charge is 0.124 e. The fourth-order valence-corrected chi connectivity index (χ4v) is 8.53. The summed E-state index contributed by atoms with van der Waals surface area (Å²) in [5, 5.41) is 2.13. The Kier molecular flexibility index (Phi) is 10.9. The Hall–Kier alpha value is -3.50. The van der Waals surface area contributed by atoms with Gasteiger partial charge >= 0.3 is 0 Å². The topological polar surface area (TPSA) is 96.3 Å². The Labute approximate surface area is 291 Å². The highest BCUT2D eigenvalue weighted by Crippen LogP contribution is 2.32. The van der Waals surface area contributed by atoms with Gasteiger partial charge in [-0.2, -0.15) is 0 Å². The molecule has 4 unspecified atom stereocenters. The quantitative estimate of drug-likeness (QED) is 0.167. The van der Waals surface area contributed by atoms with Crippen LogP contribution in [0.3, 0.4) is 0 Å². The summed E-state index contributed by atoms with van der Waals surface area (Å²) in [6.45, 7) is 1.26. The summed E-state index contributed by atoms with van der Waals surface area (Å²) >= 11 is 3.47. The summed E-state index contributed by atoms with van der Waals surface area (Å²) in [6.07, 6.45) is 9.67. The third kappa shape index (κ3) is 8.20. The van der Waals surface area contributed by atoms with Crippen LogP contribution in [0.4, 0.5) is 0 Å². The Bertz CT molecular complexity index is 1850. The van der Waals surface area contributed by atoms with E-state index < -0.39 is 0 Å². The van der Waals surface area contributed by atoms with E-state index in [1.54, 1.807) is 22.7 Å². The standard InChI is InChI=1S/2C20H22N2OS/c21-16-8-1-3-10-18(16)23-13-14-6-5-7-15(12-14)20-22-17-9-2-4-11-19(17)24-20;21-16-5-1-3-7-18(16)23-13-14-9-11-15(12-10-14)20-22-17-6-2-4-8-19(17)24-20/h2,4-7,9,11-12,16,18H,1,3,8,10,13,21H2;2,4,6,8-12,16,18H,1,3,5,7,13,21H2. The van der Waals surface area contributed by atoms with Gasteiger partial charge in [-0.25, -0.2) is 9.97 Å². The van der Waals surface area contributed by atoms with Gasteiger partial charge in [0.15, 0.2) is 0 Å². The lowest BCUT2D eigenvalue weighted by atomic mass is 9.93. The number of benzene rings is 4. The predicted octanol–water partition coefficient (Wildman–Crippen LogP) is 9.50. The molecule has 48 heavy (non-hydrogen) atoms. The van der Waals surface area contributed by atoms with Crippen molar-refractivity contribution in [2.45, 2.75) is 88.9 Å². The molecule has 6 nitrogen and oxygen atoms in total. The zero-order valence-electron chi connectivity index (χ0n) is 27.3. The molecule has 0 aliphatic heterocycles. The number of hydrogen-bond donors (Lipinski definition) is 2. The average Bonchev–Trinajstić information content (AvgIpc) is 3.77. The van der Waals surface area contributed by atoms with Gasteiger partial charge in [0, 0.05) is 23.2 Å². The molecule has 0 saturated heterocycles. The van der Waals surface area contributed by atoms with Crippen molar-refractivity contribution in [3.05, 3.63) is 108 Å². The molecule has 8 rings (SSSR count). The first-order valence-corrected chi connectivity index (χ1v) is 18.9. The number of nitrogens with two attached hydrogens (primary N) is 2. The first-order chi connectivity index (χ1) is 23.6. The number of fused-ring (bicyclic) bond motifs is 2. The van der Waals surface area contributed by atoms with Crippen LogP contribution in [0.5, 0.6) is 0 Å². The van der Waals surface area contributed by atoms with E-state index in [-0.39, 0.29) is 24.3 Å². The van der Waals surface area contributed by atoms with Gasteiger partial charge in [0.2, 0.25) is 0 Å². The van der Waals surface area contributed by atoms with Gasteiger partial charge < -0.3 is 20.9 Å². The number of thiazole rings is 2. The minimum atomic E-state index is 0.186. The highest BCUT2D eigenvalue weighted by Gasteiger charge is 2.23. The third-order valence-electron chi connectivity index (χ3n) is 9.40. The minimum Gasteiger partial charge on any atom is -0.372 e. The molecular formula is C40H44N4O2S2. The molecule has 2 aromatic heterocycles. The van der Waals surface area contributed by atoms with Crippen LogP contribution < -0.4 is 11.5 Å². The van der Waals surface area contributed by atoms with E-state index in [9.17, 15) is 0 Å². The maximum Gasteiger partial charge on any atom is 0.124 e. The fraction of sp³-hybridized carbons (Fsp3) is 0.350. The van der Waals surface area contributed by atoms with Crippen molar-refractivity contribution >= 4 is 43.1 Å². The Balaban J connectivity index is 0.000000152.